The van der Waals surface area contributed by atoms with Crippen LogP contribution in [-0.2, 0) is 23.9 Å². The topological polar surface area (TPSA) is 119 Å². The molecule has 0 radical (unpaired) electrons. The van der Waals surface area contributed by atoms with Crippen LogP contribution in [0.2, 0.25) is 0 Å². The van der Waals surface area contributed by atoms with Crippen LogP contribution in [0.3, 0.4) is 0 Å². The number of nitrogens with zero attached hydrogens (tertiary/aromatic N) is 9. The predicted octanol–water partition coefficient (Wildman–Crippen LogP) is 3.64. The molecule has 190 valence electrons. The second-order valence-corrected chi connectivity index (χ2v) is 9.49. The molecule has 11 nitrogen and oxygen atoms in total. The van der Waals surface area contributed by atoms with Gasteiger partial charge in [0.05, 0.1) is 66.8 Å². The van der Waals surface area contributed by atoms with Gasteiger partial charge in [-0.25, -0.2) is 14.3 Å². The first-order valence-corrected chi connectivity index (χ1v) is 12.2. The summed E-state index contributed by atoms with van der Waals surface area (Å²) in [6.07, 6.45) is 10.7. The number of amides is 1. The van der Waals surface area contributed by atoms with Crippen molar-refractivity contribution >= 4 is 11.6 Å². The van der Waals surface area contributed by atoms with Crippen molar-refractivity contribution in [3.8, 4) is 28.6 Å². The van der Waals surface area contributed by atoms with E-state index in [4.69, 9.17) is 9.72 Å². The minimum atomic E-state index is -0.670. The van der Waals surface area contributed by atoms with Crippen molar-refractivity contribution in [1.29, 1.82) is 5.26 Å². The molecule has 1 aromatic carbocycles. The monoisotopic (exact) mass is 507 g/mol. The zero-order chi connectivity index (χ0) is 26.3. The summed E-state index contributed by atoms with van der Waals surface area (Å²) in [5.74, 6) is 0. The van der Waals surface area contributed by atoms with Crippen LogP contribution in [0.25, 0.3) is 28.0 Å². The molecule has 38 heavy (non-hydrogen) atoms. The molecule has 5 aromatic rings. The largest absolute Gasteiger partial charge is 0.445 e. The van der Waals surface area contributed by atoms with E-state index in [9.17, 15) is 10.1 Å². The summed E-state index contributed by atoms with van der Waals surface area (Å²) in [5.41, 5.74) is 4.19. The van der Waals surface area contributed by atoms with Crippen LogP contribution in [0, 0.1) is 11.3 Å². The lowest BCUT2D eigenvalue weighted by Gasteiger charge is -2.54. The van der Waals surface area contributed by atoms with Crippen molar-refractivity contribution in [2.24, 2.45) is 7.05 Å². The molecule has 11 heteroatoms. The molecule has 1 fully saturated rings. The van der Waals surface area contributed by atoms with E-state index >= 15 is 0 Å². The van der Waals surface area contributed by atoms with Crippen molar-refractivity contribution in [1.82, 2.24) is 39.1 Å². The summed E-state index contributed by atoms with van der Waals surface area (Å²) in [7, 11) is 1.86. The minimum absolute atomic E-state index is 0.195. The predicted molar refractivity (Wildman–Crippen MR) is 137 cm³/mol. The van der Waals surface area contributed by atoms with Crippen LogP contribution >= 0.6 is 0 Å². The molecule has 5 heterocycles. The van der Waals surface area contributed by atoms with Gasteiger partial charge in [-0.05, 0) is 18.6 Å². The summed E-state index contributed by atoms with van der Waals surface area (Å²) in [5, 5.41) is 23.0. The molecule has 0 N–H and O–H groups in total. The Morgan fingerprint density at radius 3 is 2.66 bits per heavy atom. The number of aromatic nitrogens is 7. The standard InChI is InChI=1S/C27H25N9O2/c1-19-27(9-10-28,18-34(19)26(37)38-17-20-6-4-3-5-7-20)36-15-22(13-31-36)25-24-8-11-29-35(24)16-23(32-25)21-12-30-33(2)14-21/h3-8,11-16,19H,9,17-18H2,1-2H3/t19-,27?/m1/s1. The maximum atomic E-state index is 12.8. The number of hydrogen-bond acceptors (Lipinski definition) is 7. The number of benzene rings is 1. The van der Waals surface area contributed by atoms with Crippen LogP contribution in [0.15, 0.2) is 73.6 Å². The van der Waals surface area contributed by atoms with Gasteiger partial charge in [0.1, 0.15) is 12.1 Å². The highest BCUT2D eigenvalue weighted by Crippen LogP contribution is 2.40. The number of carbonyl (C=O) groups excluding carboxylic acids is 1. The summed E-state index contributed by atoms with van der Waals surface area (Å²) in [6, 6.07) is 13.4. The average Bonchev–Trinajstić information content (AvgIpc) is 3.70. The zero-order valence-corrected chi connectivity index (χ0v) is 21.0. The molecule has 0 bridgehead atoms. The Morgan fingerprint density at radius 1 is 1.11 bits per heavy atom. The highest BCUT2D eigenvalue weighted by Gasteiger charge is 2.55. The highest BCUT2D eigenvalue weighted by atomic mass is 16.6. The lowest BCUT2D eigenvalue weighted by molar-refractivity contribution is -0.0515. The van der Waals surface area contributed by atoms with Gasteiger partial charge in [0, 0.05) is 30.6 Å². The van der Waals surface area contributed by atoms with Gasteiger partial charge in [-0.15, -0.1) is 0 Å². The number of nitriles is 1. The molecule has 4 aromatic heterocycles. The van der Waals surface area contributed by atoms with Gasteiger partial charge >= 0.3 is 6.09 Å². The number of carbonyl (C=O) groups is 1. The van der Waals surface area contributed by atoms with Crippen LogP contribution in [-0.4, -0.2) is 57.7 Å². The zero-order valence-electron chi connectivity index (χ0n) is 21.0. The van der Waals surface area contributed by atoms with Gasteiger partial charge in [-0.1, -0.05) is 30.3 Å². The highest BCUT2D eigenvalue weighted by molar-refractivity contribution is 5.78. The van der Waals surface area contributed by atoms with Crippen LogP contribution in [0.1, 0.15) is 18.9 Å². The fourth-order valence-electron chi connectivity index (χ4n) is 4.97. The van der Waals surface area contributed by atoms with Gasteiger partial charge in [0.25, 0.3) is 0 Å². The summed E-state index contributed by atoms with van der Waals surface area (Å²) in [6.45, 7) is 2.44. The number of fused-ring (bicyclic) bond motifs is 1. The van der Waals surface area contributed by atoms with E-state index in [1.165, 1.54) is 0 Å². The van der Waals surface area contributed by atoms with Gasteiger partial charge in [-0.2, -0.15) is 20.6 Å². The molecule has 1 aliphatic rings. The van der Waals surface area contributed by atoms with Gasteiger partial charge < -0.3 is 9.64 Å². The van der Waals surface area contributed by atoms with E-state index in [1.807, 2.05) is 69.0 Å². The smallest absolute Gasteiger partial charge is 0.410 e. The lowest BCUT2D eigenvalue weighted by atomic mass is 9.79. The van der Waals surface area contributed by atoms with Crippen molar-refractivity contribution in [2.75, 3.05) is 6.54 Å². The molecule has 6 rings (SSSR count). The first-order chi connectivity index (χ1) is 18.5. The lowest BCUT2D eigenvalue weighted by Crippen LogP contribution is -2.70. The van der Waals surface area contributed by atoms with E-state index in [0.717, 1.165) is 27.9 Å². The van der Waals surface area contributed by atoms with Crippen LogP contribution < -0.4 is 0 Å². The SMILES string of the molecule is C[C@H]1N(C(=O)OCc2ccccc2)CC1(CC#N)n1cc(-c2nc(-c3cnn(C)c3)cn3nccc23)cn1. The quantitative estimate of drug-likeness (QED) is 0.344. The van der Waals surface area contributed by atoms with Crippen molar-refractivity contribution < 1.29 is 9.53 Å². The Bertz CT molecular complexity index is 1660. The number of rotatable bonds is 6. The second-order valence-electron chi connectivity index (χ2n) is 9.49. The molecule has 1 aliphatic heterocycles. The van der Waals surface area contributed by atoms with E-state index in [0.29, 0.717) is 12.2 Å². The van der Waals surface area contributed by atoms with Crippen LogP contribution in [0.4, 0.5) is 4.79 Å². The fourth-order valence-corrected chi connectivity index (χ4v) is 4.97. The summed E-state index contributed by atoms with van der Waals surface area (Å²) < 4.78 is 10.8. The molecule has 1 amide bonds. The van der Waals surface area contributed by atoms with Gasteiger partial charge in [0.15, 0.2) is 0 Å². The molecule has 1 unspecified atom stereocenters. The van der Waals surface area contributed by atoms with Crippen molar-refractivity contribution in [3.63, 3.8) is 0 Å². The Labute approximate surface area is 218 Å². The Hall–Kier alpha value is -4.98. The molecule has 1 saturated heterocycles. The number of aryl methyl sites for hydroxylation is 1. The third-order valence-corrected chi connectivity index (χ3v) is 7.22. The Morgan fingerprint density at radius 2 is 1.92 bits per heavy atom. The van der Waals surface area contributed by atoms with E-state index in [2.05, 4.69) is 21.4 Å². The second kappa shape index (κ2) is 9.15. The third-order valence-electron chi connectivity index (χ3n) is 7.22. The third kappa shape index (κ3) is 3.87. The Kier molecular flexibility index (Phi) is 5.64. The first-order valence-electron chi connectivity index (χ1n) is 12.2. The molecular weight excluding hydrogens is 482 g/mol. The van der Waals surface area contributed by atoms with Crippen molar-refractivity contribution in [3.05, 3.63) is 79.1 Å². The fraction of sp³-hybridized carbons (Fsp3) is 0.259. The summed E-state index contributed by atoms with van der Waals surface area (Å²) in [4.78, 5) is 19.4. The van der Waals surface area contributed by atoms with E-state index in [-0.39, 0.29) is 19.1 Å². The van der Waals surface area contributed by atoms with Gasteiger partial charge in [-0.3, -0.25) is 9.36 Å². The number of ether oxygens (including phenoxy) is 1. The molecule has 0 aliphatic carbocycles. The molecule has 2 atom stereocenters. The number of hydrogen-bond donors (Lipinski definition) is 0. The summed E-state index contributed by atoms with van der Waals surface area (Å²) >= 11 is 0. The van der Waals surface area contributed by atoms with Crippen molar-refractivity contribution in [2.45, 2.75) is 31.5 Å². The van der Waals surface area contributed by atoms with E-state index in [1.54, 1.807) is 37.4 Å². The number of likely N-dealkylation sites (tertiary alicyclic amines) is 1. The maximum absolute atomic E-state index is 12.8. The molecular formula is C27H25N9O2. The Balaban J connectivity index is 1.28. The maximum Gasteiger partial charge on any atom is 0.410 e. The molecule has 0 saturated carbocycles. The normalized spacial score (nSPS) is 18.8. The van der Waals surface area contributed by atoms with E-state index < -0.39 is 11.6 Å². The van der Waals surface area contributed by atoms with Gasteiger partial charge in [0.2, 0.25) is 0 Å². The first kappa shape index (κ1) is 23.4. The average molecular weight is 508 g/mol. The minimum Gasteiger partial charge on any atom is -0.445 e. The van der Waals surface area contributed by atoms with Crippen LogP contribution in [0.5, 0.6) is 0 Å². The molecule has 0 spiro atoms.